The van der Waals surface area contributed by atoms with Crippen molar-refractivity contribution < 1.29 is 4.79 Å². The lowest BCUT2D eigenvalue weighted by Gasteiger charge is -2.09. The minimum atomic E-state index is -0.160. The van der Waals surface area contributed by atoms with E-state index in [1.165, 1.54) is 9.58 Å². The van der Waals surface area contributed by atoms with E-state index in [1.54, 1.807) is 7.05 Å². The molecule has 0 bridgehead atoms. The largest absolute Gasteiger partial charge is 0.368 e. The van der Waals surface area contributed by atoms with Crippen LogP contribution >= 0.6 is 11.6 Å². The number of hydrogen-bond acceptors (Lipinski definition) is 4. The summed E-state index contributed by atoms with van der Waals surface area (Å²) in [6, 6.07) is 0. The molecule has 0 aliphatic carbocycles. The third-order valence-electron chi connectivity index (χ3n) is 2.10. The summed E-state index contributed by atoms with van der Waals surface area (Å²) in [6.45, 7) is 0.448. The number of amides is 1. The fourth-order valence-electron chi connectivity index (χ4n) is 1.35. The maximum Gasteiger partial charge on any atom is 0.253 e. The van der Waals surface area contributed by atoms with Crippen LogP contribution in [0.4, 0.5) is 11.9 Å². The molecule has 2 N–H and O–H groups in total. The molecule has 6 nitrogen and oxygen atoms in total. The number of anilines is 2. The lowest BCUT2D eigenvalue weighted by atomic mass is 10.4. The highest BCUT2D eigenvalue weighted by Gasteiger charge is 2.31. The minimum Gasteiger partial charge on any atom is -0.368 e. The molecule has 0 spiro atoms. The highest BCUT2D eigenvalue weighted by molar-refractivity contribution is 6.24. The van der Waals surface area contributed by atoms with E-state index in [4.69, 9.17) is 17.3 Å². The standard InChI is InChI=1S/C7H10ClN5O/c1-12-6(9)10-7(11-12)13-3-4(8)2-5(13)14/h4H,2-3H2,1H3,(H2,9,10,11). The summed E-state index contributed by atoms with van der Waals surface area (Å²) in [5, 5.41) is 3.84. The summed E-state index contributed by atoms with van der Waals surface area (Å²) in [5.74, 6) is 0.555. The van der Waals surface area contributed by atoms with Crippen molar-refractivity contribution in [2.75, 3.05) is 17.2 Å². The van der Waals surface area contributed by atoms with E-state index in [-0.39, 0.29) is 17.2 Å². The third kappa shape index (κ3) is 1.41. The normalized spacial score (nSPS) is 22.0. The summed E-state index contributed by atoms with van der Waals surface area (Å²) >= 11 is 5.84. The number of hydrogen-bond donors (Lipinski definition) is 1. The molecule has 0 aromatic carbocycles. The van der Waals surface area contributed by atoms with Gasteiger partial charge >= 0.3 is 0 Å². The van der Waals surface area contributed by atoms with E-state index in [1.807, 2.05) is 0 Å². The van der Waals surface area contributed by atoms with E-state index in [0.717, 1.165) is 0 Å². The zero-order valence-electron chi connectivity index (χ0n) is 7.64. The monoisotopic (exact) mass is 215 g/mol. The molecule has 1 aliphatic rings. The van der Waals surface area contributed by atoms with Crippen molar-refractivity contribution in [2.24, 2.45) is 7.05 Å². The Labute approximate surface area is 85.6 Å². The maximum absolute atomic E-state index is 11.4. The zero-order chi connectivity index (χ0) is 10.3. The van der Waals surface area contributed by atoms with Crippen molar-refractivity contribution in [1.82, 2.24) is 14.8 Å². The molecule has 1 saturated heterocycles. The van der Waals surface area contributed by atoms with Gasteiger partial charge in [0.05, 0.1) is 5.38 Å². The summed E-state index contributed by atoms with van der Waals surface area (Å²) in [6.07, 6.45) is 0.333. The van der Waals surface area contributed by atoms with Crippen molar-refractivity contribution >= 4 is 29.4 Å². The number of nitrogens with zero attached hydrogens (tertiary/aromatic N) is 4. The Balaban J connectivity index is 2.27. The van der Waals surface area contributed by atoms with Crippen LogP contribution in [0.1, 0.15) is 6.42 Å². The van der Waals surface area contributed by atoms with Crippen LogP contribution in [0.5, 0.6) is 0 Å². The molecule has 14 heavy (non-hydrogen) atoms. The second-order valence-electron chi connectivity index (χ2n) is 3.20. The number of alkyl halides is 1. The first-order chi connectivity index (χ1) is 6.58. The Kier molecular flexibility index (Phi) is 2.07. The fraction of sp³-hybridized carbons (Fsp3) is 0.571. The first-order valence-corrected chi connectivity index (χ1v) is 4.62. The average Bonchev–Trinajstić information content (AvgIpc) is 2.57. The predicted octanol–water partition coefficient (Wildman–Crippen LogP) is -0.259. The summed E-state index contributed by atoms with van der Waals surface area (Å²) < 4.78 is 1.42. The molecule has 0 radical (unpaired) electrons. The molecule has 1 fully saturated rings. The van der Waals surface area contributed by atoms with Crippen LogP contribution < -0.4 is 10.6 Å². The van der Waals surface area contributed by atoms with Crippen LogP contribution in [-0.4, -0.2) is 32.6 Å². The van der Waals surface area contributed by atoms with Gasteiger partial charge in [-0.25, -0.2) is 4.68 Å². The number of rotatable bonds is 1. The molecule has 76 valence electrons. The van der Waals surface area contributed by atoms with Crippen LogP contribution in [0.15, 0.2) is 0 Å². The van der Waals surface area contributed by atoms with Gasteiger partial charge in [0.2, 0.25) is 11.9 Å². The second kappa shape index (κ2) is 3.13. The Bertz CT molecular complexity index is 357. The highest BCUT2D eigenvalue weighted by atomic mass is 35.5. The molecule has 1 atom stereocenters. The molecule has 1 unspecified atom stereocenters. The van der Waals surface area contributed by atoms with Gasteiger partial charge in [-0.05, 0) is 0 Å². The smallest absolute Gasteiger partial charge is 0.253 e. The maximum atomic E-state index is 11.4. The van der Waals surface area contributed by atoms with Crippen molar-refractivity contribution in [3.8, 4) is 0 Å². The van der Waals surface area contributed by atoms with E-state index in [0.29, 0.717) is 18.9 Å². The topological polar surface area (TPSA) is 77.0 Å². The molecule has 7 heteroatoms. The number of carbonyl (C=O) groups is 1. The van der Waals surface area contributed by atoms with Crippen LogP contribution in [0.3, 0.4) is 0 Å². The zero-order valence-corrected chi connectivity index (χ0v) is 8.40. The van der Waals surface area contributed by atoms with Gasteiger partial charge in [-0.15, -0.1) is 16.7 Å². The fourth-order valence-corrected chi connectivity index (χ4v) is 1.62. The number of nitrogens with two attached hydrogens (primary N) is 1. The van der Waals surface area contributed by atoms with Gasteiger partial charge in [0.25, 0.3) is 5.95 Å². The van der Waals surface area contributed by atoms with Gasteiger partial charge < -0.3 is 5.73 Å². The lowest BCUT2D eigenvalue weighted by Crippen LogP contribution is -2.25. The van der Waals surface area contributed by atoms with Gasteiger partial charge in [-0.1, -0.05) is 0 Å². The van der Waals surface area contributed by atoms with Crippen LogP contribution in [0.2, 0.25) is 0 Å². The van der Waals surface area contributed by atoms with Crippen LogP contribution in [-0.2, 0) is 11.8 Å². The third-order valence-corrected chi connectivity index (χ3v) is 2.40. The number of aryl methyl sites for hydroxylation is 1. The quantitative estimate of drug-likeness (QED) is 0.655. The number of carbonyl (C=O) groups excluding carboxylic acids is 1. The van der Waals surface area contributed by atoms with Crippen molar-refractivity contribution in [2.45, 2.75) is 11.8 Å². The summed E-state index contributed by atoms with van der Waals surface area (Å²) in [5.41, 5.74) is 5.51. The van der Waals surface area contributed by atoms with Gasteiger partial charge in [0.1, 0.15) is 0 Å². The Hall–Kier alpha value is -1.30. The van der Waals surface area contributed by atoms with Crippen molar-refractivity contribution in [1.29, 1.82) is 0 Å². The van der Waals surface area contributed by atoms with Gasteiger partial charge in [0.15, 0.2) is 0 Å². The minimum absolute atomic E-state index is 0.0596. The van der Waals surface area contributed by atoms with Crippen LogP contribution in [0, 0.1) is 0 Å². The van der Waals surface area contributed by atoms with Gasteiger partial charge in [0, 0.05) is 20.0 Å². The van der Waals surface area contributed by atoms with Crippen LogP contribution in [0.25, 0.3) is 0 Å². The molecule has 1 aromatic heterocycles. The highest BCUT2D eigenvalue weighted by Crippen LogP contribution is 2.21. The average molecular weight is 216 g/mol. The van der Waals surface area contributed by atoms with E-state index in [9.17, 15) is 4.79 Å². The molecular weight excluding hydrogens is 206 g/mol. The lowest BCUT2D eigenvalue weighted by molar-refractivity contribution is -0.117. The molecule has 0 saturated carbocycles. The van der Waals surface area contributed by atoms with E-state index >= 15 is 0 Å². The van der Waals surface area contributed by atoms with E-state index in [2.05, 4.69) is 10.1 Å². The second-order valence-corrected chi connectivity index (χ2v) is 3.82. The van der Waals surface area contributed by atoms with Crippen molar-refractivity contribution in [3.63, 3.8) is 0 Å². The van der Waals surface area contributed by atoms with Gasteiger partial charge in [-0.3, -0.25) is 9.69 Å². The predicted molar refractivity (Wildman–Crippen MR) is 52.0 cm³/mol. The molecule has 2 heterocycles. The molecule has 1 aliphatic heterocycles. The Morgan fingerprint density at radius 2 is 2.36 bits per heavy atom. The molecule has 1 aromatic rings. The molecule has 1 amide bonds. The summed E-state index contributed by atoms with van der Waals surface area (Å²) in [7, 11) is 1.67. The summed E-state index contributed by atoms with van der Waals surface area (Å²) in [4.78, 5) is 16.8. The number of halogens is 1. The SMILES string of the molecule is Cn1nc(N2CC(Cl)CC2=O)nc1N. The Morgan fingerprint density at radius 3 is 2.79 bits per heavy atom. The van der Waals surface area contributed by atoms with E-state index < -0.39 is 0 Å². The molecular formula is C7H10ClN5O. The first-order valence-electron chi connectivity index (χ1n) is 4.19. The number of aromatic nitrogens is 3. The van der Waals surface area contributed by atoms with Crippen molar-refractivity contribution in [3.05, 3.63) is 0 Å². The van der Waals surface area contributed by atoms with Gasteiger partial charge in [-0.2, -0.15) is 4.98 Å². The first kappa shape index (κ1) is 9.26. The Morgan fingerprint density at radius 1 is 1.64 bits per heavy atom. The molecule has 2 rings (SSSR count). The number of nitrogen functional groups attached to an aromatic ring is 1.